The van der Waals surface area contributed by atoms with Crippen LogP contribution in [0.15, 0.2) is 42.5 Å². The van der Waals surface area contributed by atoms with E-state index in [2.05, 4.69) is 5.32 Å². The number of esters is 2. The Bertz CT molecular complexity index is 860. The molecule has 8 nitrogen and oxygen atoms in total. The molecular weight excluding hydrogens is 378 g/mol. The minimum Gasteiger partial charge on any atom is -0.497 e. The second kappa shape index (κ2) is 10.1. The summed E-state index contributed by atoms with van der Waals surface area (Å²) in [4.78, 5) is 36.5. The van der Waals surface area contributed by atoms with Crippen molar-refractivity contribution in [2.24, 2.45) is 0 Å². The molecule has 1 amide bonds. The van der Waals surface area contributed by atoms with Gasteiger partial charge in [0, 0.05) is 11.8 Å². The van der Waals surface area contributed by atoms with E-state index in [1.165, 1.54) is 39.5 Å². The number of carbonyl (C=O) groups is 3. The normalized spacial score (nSPS) is 11.2. The number of hydrogen-bond acceptors (Lipinski definition) is 7. The molecule has 0 bridgehead atoms. The van der Waals surface area contributed by atoms with Gasteiger partial charge in [0.15, 0.2) is 6.10 Å². The Hall–Kier alpha value is -3.55. The largest absolute Gasteiger partial charge is 0.497 e. The summed E-state index contributed by atoms with van der Waals surface area (Å²) >= 11 is 0. The Morgan fingerprint density at radius 2 is 1.48 bits per heavy atom. The van der Waals surface area contributed by atoms with Crippen LogP contribution in [-0.4, -0.2) is 45.3 Å². The van der Waals surface area contributed by atoms with E-state index < -0.39 is 23.9 Å². The van der Waals surface area contributed by atoms with Crippen molar-refractivity contribution in [1.29, 1.82) is 0 Å². The zero-order valence-electron chi connectivity index (χ0n) is 16.7. The molecule has 0 heterocycles. The van der Waals surface area contributed by atoms with Crippen LogP contribution in [0.5, 0.6) is 11.5 Å². The SMILES string of the molecule is CC[C@H](Oc1cccc(OC)c1)C(=O)Nc1cc(C(=O)OC)cc(C(=O)OC)c1. The Balaban J connectivity index is 2.24. The van der Waals surface area contributed by atoms with E-state index in [1.54, 1.807) is 31.2 Å². The van der Waals surface area contributed by atoms with E-state index in [9.17, 15) is 14.4 Å². The van der Waals surface area contributed by atoms with Crippen LogP contribution in [0, 0.1) is 0 Å². The standard InChI is InChI=1S/C21H23NO7/c1-5-18(29-17-8-6-7-16(12-17)26-2)19(23)22-15-10-13(20(24)27-3)9-14(11-15)21(25)28-4/h6-12,18H,5H2,1-4H3,(H,22,23)/t18-/m0/s1. The molecule has 29 heavy (non-hydrogen) atoms. The van der Waals surface area contributed by atoms with Gasteiger partial charge in [-0.3, -0.25) is 4.79 Å². The van der Waals surface area contributed by atoms with Crippen molar-refractivity contribution < 1.29 is 33.3 Å². The van der Waals surface area contributed by atoms with Gasteiger partial charge in [0.2, 0.25) is 0 Å². The van der Waals surface area contributed by atoms with Crippen molar-refractivity contribution in [3.8, 4) is 11.5 Å². The number of ether oxygens (including phenoxy) is 4. The minimum absolute atomic E-state index is 0.104. The fraction of sp³-hybridized carbons (Fsp3) is 0.286. The molecule has 0 aliphatic rings. The number of methoxy groups -OCH3 is 3. The summed E-state index contributed by atoms with van der Waals surface area (Å²) in [6, 6.07) is 11.1. The third kappa shape index (κ3) is 5.71. The van der Waals surface area contributed by atoms with Gasteiger partial charge in [-0.25, -0.2) is 9.59 Å². The Labute approximate surface area is 168 Å². The van der Waals surface area contributed by atoms with Crippen LogP contribution >= 0.6 is 0 Å². The summed E-state index contributed by atoms with van der Waals surface area (Å²) in [7, 11) is 3.98. The van der Waals surface area contributed by atoms with Gasteiger partial charge in [-0.05, 0) is 36.8 Å². The van der Waals surface area contributed by atoms with Crippen LogP contribution in [0.3, 0.4) is 0 Å². The van der Waals surface area contributed by atoms with Gasteiger partial charge in [0.1, 0.15) is 11.5 Å². The van der Waals surface area contributed by atoms with Crippen LogP contribution in [0.4, 0.5) is 5.69 Å². The summed E-state index contributed by atoms with van der Waals surface area (Å²) < 4.78 is 20.3. The van der Waals surface area contributed by atoms with Crippen LogP contribution in [0.1, 0.15) is 34.1 Å². The number of amides is 1. The van der Waals surface area contributed by atoms with Crippen LogP contribution in [0.2, 0.25) is 0 Å². The molecule has 2 rings (SSSR count). The second-order valence-corrected chi connectivity index (χ2v) is 5.97. The Morgan fingerprint density at radius 3 is 2.00 bits per heavy atom. The average molecular weight is 401 g/mol. The molecule has 0 aromatic heterocycles. The Kier molecular flexibility index (Phi) is 7.59. The molecule has 0 saturated carbocycles. The molecule has 0 unspecified atom stereocenters. The molecule has 1 atom stereocenters. The molecule has 0 radical (unpaired) electrons. The minimum atomic E-state index is -0.800. The molecule has 0 aliphatic carbocycles. The summed E-state index contributed by atoms with van der Waals surface area (Å²) in [5, 5.41) is 2.67. The molecule has 0 fully saturated rings. The molecule has 0 spiro atoms. The van der Waals surface area contributed by atoms with Crippen molar-refractivity contribution >= 4 is 23.5 Å². The first-order chi connectivity index (χ1) is 13.9. The average Bonchev–Trinajstić information content (AvgIpc) is 2.75. The predicted molar refractivity (Wildman–Crippen MR) is 105 cm³/mol. The van der Waals surface area contributed by atoms with Crippen LogP contribution in [0.25, 0.3) is 0 Å². The number of carbonyl (C=O) groups excluding carboxylic acids is 3. The first kappa shape index (κ1) is 21.7. The summed E-state index contributed by atoms with van der Waals surface area (Å²) in [6.07, 6.45) is -0.408. The van der Waals surface area contributed by atoms with Gasteiger partial charge < -0.3 is 24.3 Å². The molecule has 8 heteroatoms. The first-order valence-corrected chi connectivity index (χ1v) is 8.85. The van der Waals surface area contributed by atoms with Crippen molar-refractivity contribution in [2.75, 3.05) is 26.6 Å². The smallest absolute Gasteiger partial charge is 0.337 e. The highest BCUT2D eigenvalue weighted by Gasteiger charge is 2.21. The third-order valence-corrected chi connectivity index (χ3v) is 4.03. The van der Waals surface area contributed by atoms with Crippen molar-refractivity contribution in [3.63, 3.8) is 0 Å². The zero-order chi connectivity index (χ0) is 21.4. The lowest BCUT2D eigenvalue weighted by Crippen LogP contribution is -2.32. The van der Waals surface area contributed by atoms with E-state index in [1.807, 2.05) is 0 Å². The fourth-order valence-corrected chi connectivity index (χ4v) is 2.55. The predicted octanol–water partition coefficient (Wildman–Crippen LogP) is 3.06. The molecule has 154 valence electrons. The highest BCUT2D eigenvalue weighted by Crippen LogP contribution is 2.22. The molecule has 0 saturated heterocycles. The number of benzene rings is 2. The summed E-state index contributed by atoms with van der Waals surface area (Å²) in [5.41, 5.74) is 0.450. The molecule has 0 aliphatic heterocycles. The molecular formula is C21H23NO7. The first-order valence-electron chi connectivity index (χ1n) is 8.85. The highest BCUT2D eigenvalue weighted by atomic mass is 16.5. The van der Waals surface area contributed by atoms with E-state index in [0.29, 0.717) is 17.9 Å². The van der Waals surface area contributed by atoms with E-state index in [0.717, 1.165) is 0 Å². The van der Waals surface area contributed by atoms with Gasteiger partial charge in [-0.2, -0.15) is 0 Å². The lowest BCUT2D eigenvalue weighted by molar-refractivity contribution is -0.122. The fourth-order valence-electron chi connectivity index (χ4n) is 2.55. The van der Waals surface area contributed by atoms with Gasteiger partial charge >= 0.3 is 11.9 Å². The van der Waals surface area contributed by atoms with Crippen molar-refractivity contribution in [2.45, 2.75) is 19.4 Å². The maximum absolute atomic E-state index is 12.7. The highest BCUT2D eigenvalue weighted by molar-refractivity contribution is 6.00. The van der Waals surface area contributed by atoms with Crippen LogP contribution in [-0.2, 0) is 14.3 Å². The Morgan fingerprint density at radius 1 is 0.897 bits per heavy atom. The maximum Gasteiger partial charge on any atom is 0.337 e. The topological polar surface area (TPSA) is 100 Å². The maximum atomic E-state index is 12.7. The van der Waals surface area contributed by atoms with Crippen LogP contribution < -0.4 is 14.8 Å². The second-order valence-electron chi connectivity index (χ2n) is 5.97. The van der Waals surface area contributed by atoms with Gasteiger partial charge in [-0.15, -0.1) is 0 Å². The van der Waals surface area contributed by atoms with Gasteiger partial charge in [0.25, 0.3) is 5.91 Å². The number of rotatable bonds is 8. The zero-order valence-corrected chi connectivity index (χ0v) is 16.7. The van der Waals surface area contributed by atoms with Gasteiger partial charge in [0.05, 0.1) is 32.5 Å². The third-order valence-electron chi connectivity index (χ3n) is 4.03. The molecule has 2 aromatic carbocycles. The molecule has 1 N–H and O–H groups in total. The quantitative estimate of drug-likeness (QED) is 0.679. The monoisotopic (exact) mass is 401 g/mol. The number of nitrogens with one attached hydrogen (secondary N) is 1. The van der Waals surface area contributed by atoms with E-state index in [-0.39, 0.29) is 16.8 Å². The number of anilines is 1. The van der Waals surface area contributed by atoms with Gasteiger partial charge in [-0.1, -0.05) is 13.0 Å². The lowest BCUT2D eigenvalue weighted by Gasteiger charge is -2.18. The van der Waals surface area contributed by atoms with E-state index in [4.69, 9.17) is 18.9 Å². The lowest BCUT2D eigenvalue weighted by atomic mass is 10.1. The summed E-state index contributed by atoms with van der Waals surface area (Å²) in [6.45, 7) is 1.80. The van der Waals surface area contributed by atoms with Crippen molar-refractivity contribution in [1.82, 2.24) is 0 Å². The van der Waals surface area contributed by atoms with E-state index >= 15 is 0 Å². The summed E-state index contributed by atoms with van der Waals surface area (Å²) in [5.74, 6) is -0.652. The molecule has 2 aromatic rings. The van der Waals surface area contributed by atoms with Crippen molar-refractivity contribution in [3.05, 3.63) is 53.6 Å². The number of hydrogen-bond donors (Lipinski definition) is 1.